The smallest absolute Gasteiger partial charge is 0.339 e. The third-order valence-corrected chi connectivity index (χ3v) is 5.10. The van der Waals surface area contributed by atoms with Gasteiger partial charge in [-0.15, -0.1) is 11.3 Å². The molecule has 7 heteroatoms. The van der Waals surface area contributed by atoms with E-state index in [0.29, 0.717) is 10.4 Å². The van der Waals surface area contributed by atoms with Crippen molar-refractivity contribution < 1.29 is 23.5 Å². The molecule has 1 amide bonds. The standard InChI is InChI=1S/C22H18FNO4S/c1-13-9-10-15(12-18(13)23)24-21(26)14(2)28-22(27)17-7-4-3-6-16(17)20(25)19-8-5-11-29-19/h3-12,14H,1-2H3,(H,24,26)/t14-/m0/s1. The maximum absolute atomic E-state index is 13.6. The summed E-state index contributed by atoms with van der Waals surface area (Å²) in [5.74, 6) is -2.14. The van der Waals surface area contributed by atoms with Crippen molar-refractivity contribution in [2.24, 2.45) is 0 Å². The molecule has 5 nitrogen and oxygen atoms in total. The summed E-state index contributed by atoms with van der Waals surface area (Å²) in [6, 6.07) is 14.0. The van der Waals surface area contributed by atoms with Gasteiger partial charge in [-0.25, -0.2) is 9.18 Å². The van der Waals surface area contributed by atoms with Gasteiger partial charge in [-0.3, -0.25) is 9.59 Å². The van der Waals surface area contributed by atoms with Gasteiger partial charge in [0, 0.05) is 11.3 Å². The first kappa shape index (κ1) is 20.4. The highest BCUT2D eigenvalue weighted by Crippen LogP contribution is 2.20. The van der Waals surface area contributed by atoms with Crippen LogP contribution in [0.15, 0.2) is 60.0 Å². The Labute approximate surface area is 171 Å². The number of nitrogens with one attached hydrogen (secondary N) is 1. The van der Waals surface area contributed by atoms with Gasteiger partial charge in [0.15, 0.2) is 6.10 Å². The number of benzene rings is 2. The molecule has 0 bridgehead atoms. The average molecular weight is 411 g/mol. The van der Waals surface area contributed by atoms with E-state index in [1.165, 1.54) is 36.5 Å². The van der Waals surface area contributed by atoms with E-state index in [1.54, 1.807) is 48.7 Å². The molecule has 29 heavy (non-hydrogen) atoms. The second-order valence-corrected chi connectivity index (χ2v) is 7.30. The van der Waals surface area contributed by atoms with E-state index in [9.17, 15) is 18.8 Å². The van der Waals surface area contributed by atoms with Crippen molar-refractivity contribution in [1.82, 2.24) is 0 Å². The number of halogens is 1. The minimum Gasteiger partial charge on any atom is -0.449 e. The molecule has 0 aliphatic heterocycles. The molecule has 1 N–H and O–H groups in total. The van der Waals surface area contributed by atoms with Crippen LogP contribution in [0.2, 0.25) is 0 Å². The Kier molecular flexibility index (Phi) is 6.19. The van der Waals surface area contributed by atoms with E-state index in [1.807, 2.05) is 0 Å². The number of aryl methyl sites for hydroxylation is 1. The number of anilines is 1. The molecule has 0 radical (unpaired) electrons. The van der Waals surface area contributed by atoms with Gasteiger partial charge in [0.05, 0.1) is 10.4 Å². The molecule has 1 heterocycles. The van der Waals surface area contributed by atoms with Crippen LogP contribution in [0.25, 0.3) is 0 Å². The van der Waals surface area contributed by atoms with Crippen LogP contribution in [-0.4, -0.2) is 23.8 Å². The molecule has 0 spiro atoms. The molecule has 0 aliphatic carbocycles. The molecular weight excluding hydrogens is 393 g/mol. The van der Waals surface area contributed by atoms with Crippen molar-refractivity contribution in [2.45, 2.75) is 20.0 Å². The molecule has 0 saturated carbocycles. The molecule has 2 aromatic carbocycles. The second kappa shape index (κ2) is 8.79. The summed E-state index contributed by atoms with van der Waals surface area (Å²) in [5.41, 5.74) is 0.990. The molecule has 148 valence electrons. The minimum absolute atomic E-state index is 0.0759. The van der Waals surface area contributed by atoms with Gasteiger partial charge in [0.25, 0.3) is 5.91 Å². The zero-order valence-electron chi connectivity index (χ0n) is 15.8. The summed E-state index contributed by atoms with van der Waals surface area (Å²) in [5, 5.41) is 4.28. The number of ether oxygens (including phenoxy) is 1. The molecule has 0 unspecified atom stereocenters. The highest BCUT2D eigenvalue weighted by atomic mass is 32.1. The molecular formula is C22H18FNO4S. The Bertz CT molecular complexity index is 1060. The van der Waals surface area contributed by atoms with Gasteiger partial charge in [-0.1, -0.05) is 30.3 Å². The summed E-state index contributed by atoms with van der Waals surface area (Å²) in [4.78, 5) is 38.0. The predicted octanol–water partition coefficient (Wildman–Crippen LogP) is 4.61. The van der Waals surface area contributed by atoms with Crippen molar-refractivity contribution in [3.05, 3.63) is 87.4 Å². The molecule has 0 fully saturated rings. The van der Waals surface area contributed by atoms with Gasteiger partial charge in [0.2, 0.25) is 5.78 Å². The number of hydrogen-bond acceptors (Lipinski definition) is 5. The van der Waals surface area contributed by atoms with Crippen molar-refractivity contribution >= 4 is 34.7 Å². The molecule has 1 atom stereocenters. The fourth-order valence-corrected chi connectivity index (χ4v) is 3.27. The van der Waals surface area contributed by atoms with E-state index in [0.717, 1.165) is 0 Å². The fourth-order valence-electron chi connectivity index (χ4n) is 2.59. The summed E-state index contributed by atoms with van der Waals surface area (Å²) in [6.45, 7) is 3.02. The van der Waals surface area contributed by atoms with Crippen LogP contribution in [0.4, 0.5) is 10.1 Å². The third-order valence-electron chi connectivity index (χ3n) is 4.23. The number of esters is 1. The number of amides is 1. The number of rotatable bonds is 6. The van der Waals surface area contributed by atoms with Crippen LogP contribution in [0.3, 0.4) is 0 Å². The van der Waals surface area contributed by atoms with Gasteiger partial charge >= 0.3 is 5.97 Å². The lowest BCUT2D eigenvalue weighted by molar-refractivity contribution is -0.123. The molecule has 3 aromatic rings. The van der Waals surface area contributed by atoms with Crippen LogP contribution >= 0.6 is 11.3 Å². The number of carbonyl (C=O) groups is 3. The Morgan fingerprint density at radius 2 is 1.76 bits per heavy atom. The monoisotopic (exact) mass is 411 g/mol. The lowest BCUT2D eigenvalue weighted by Crippen LogP contribution is -2.30. The maximum Gasteiger partial charge on any atom is 0.339 e. The first-order valence-electron chi connectivity index (χ1n) is 8.82. The van der Waals surface area contributed by atoms with Crippen LogP contribution in [0, 0.1) is 12.7 Å². The normalized spacial score (nSPS) is 11.6. The van der Waals surface area contributed by atoms with Crippen molar-refractivity contribution in [2.75, 3.05) is 5.32 Å². The highest BCUT2D eigenvalue weighted by molar-refractivity contribution is 7.12. The fraction of sp³-hybridized carbons (Fsp3) is 0.136. The summed E-state index contributed by atoms with van der Waals surface area (Å²) in [6.07, 6.45) is -1.14. The predicted molar refractivity (Wildman–Crippen MR) is 109 cm³/mol. The number of thiophene rings is 1. The summed E-state index contributed by atoms with van der Waals surface area (Å²) < 4.78 is 18.9. The van der Waals surface area contributed by atoms with Crippen molar-refractivity contribution in [3.63, 3.8) is 0 Å². The summed E-state index contributed by atoms with van der Waals surface area (Å²) >= 11 is 1.27. The topological polar surface area (TPSA) is 72.5 Å². The van der Waals surface area contributed by atoms with E-state index in [4.69, 9.17) is 4.74 Å². The lowest BCUT2D eigenvalue weighted by Gasteiger charge is -2.15. The quantitative estimate of drug-likeness (QED) is 0.475. The van der Waals surface area contributed by atoms with Crippen LogP contribution in [0.1, 0.15) is 38.1 Å². The van der Waals surface area contributed by atoms with Gasteiger partial charge in [-0.05, 0) is 49.1 Å². The van der Waals surface area contributed by atoms with Gasteiger partial charge in [-0.2, -0.15) is 0 Å². The van der Waals surface area contributed by atoms with Crippen molar-refractivity contribution in [1.29, 1.82) is 0 Å². The van der Waals surface area contributed by atoms with Gasteiger partial charge < -0.3 is 10.1 Å². The Morgan fingerprint density at radius 3 is 2.41 bits per heavy atom. The zero-order chi connectivity index (χ0) is 21.0. The Balaban J connectivity index is 1.72. The van der Waals surface area contributed by atoms with Crippen LogP contribution in [0.5, 0.6) is 0 Å². The molecule has 3 rings (SSSR count). The van der Waals surface area contributed by atoms with E-state index < -0.39 is 23.8 Å². The second-order valence-electron chi connectivity index (χ2n) is 6.35. The maximum atomic E-state index is 13.6. The van der Waals surface area contributed by atoms with Crippen LogP contribution in [-0.2, 0) is 9.53 Å². The van der Waals surface area contributed by atoms with E-state index >= 15 is 0 Å². The largest absolute Gasteiger partial charge is 0.449 e. The average Bonchev–Trinajstić information content (AvgIpc) is 3.25. The third kappa shape index (κ3) is 4.75. The van der Waals surface area contributed by atoms with Gasteiger partial charge in [0.1, 0.15) is 5.82 Å². The van der Waals surface area contributed by atoms with E-state index in [2.05, 4.69) is 5.32 Å². The first-order chi connectivity index (χ1) is 13.9. The lowest BCUT2D eigenvalue weighted by atomic mass is 10.0. The van der Waals surface area contributed by atoms with E-state index in [-0.39, 0.29) is 22.6 Å². The highest BCUT2D eigenvalue weighted by Gasteiger charge is 2.24. The SMILES string of the molecule is Cc1ccc(NC(=O)[C@H](C)OC(=O)c2ccccc2C(=O)c2cccs2)cc1F. The molecule has 0 aliphatic rings. The van der Waals surface area contributed by atoms with Crippen LogP contribution < -0.4 is 5.32 Å². The molecule has 0 saturated heterocycles. The minimum atomic E-state index is -1.14. The number of carbonyl (C=O) groups excluding carboxylic acids is 3. The zero-order valence-corrected chi connectivity index (χ0v) is 16.6. The Hall–Kier alpha value is -3.32. The number of ketones is 1. The number of hydrogen-bond donors (Lipinski definition) is 1. The summed E-state index contributed by atoms with van der Waals surface area (Å²) in [7, 11) is 0. The Morgan fingerprint density at radius 1 is 1.03 bits per heavy atom. The van der Waals surface area contributed by atoms with Crippen molar-refractivity contribution in [3.8, 4) is 0 Å². The first-order valence-corrected chi connectivity index (χ1v) is 9.70. The molecule has 1 aromatic heterocycles.